The zero-order chi connectivity index (χ0) is 8.97. The largest absolute Gasteiger partial charge is 0.341 e. The minimum Gasteiger partial charge on any atom is -0.341 e. The van der Waals surface area contributed by atoms with Crippen LogP contribution in [-0.4, -0.2) is 13.1 Å². The van der Waals surface area contributed by atoms with Gasteiger partial charge in [-0.15, -0.1) is 0 Å². The number of carbonyl (C=O) groups is 1. The van der Waals surface area contributed by atoms with E-state index in [0.717, 1.165) is 5.69 Å². The SMILES string of the molecule is CNC(=O)Nc1ccc[n+](C)c1. The van der Waals surface area contributed by atoms with Gasteiger partial charge in [0.25, 0.3) is 0 Å². The van der Waals surface area contributed by atoms with Crippen molar-refractivity contribution in [1.29, 1.82) is 0 Å². The third-order valence-electron chi connectivity index (χ3n) is 1.42. The van der Waals surface area contributed by atoms with Crippen LogP contribution in [0.4, 0.5) is 10.5 Å². The van der Waals surface area contributed by atoms with Crippen molar-refractivity contribution in [3.05, 3.63) is 24.5 Å². The lowest BCUT2D eigenvalue weighted by molar-refractivity contribution is -0.670. The maximum atomic E-state index is 10.9. The van der Waals surface area contributed by atoms with E-state index in [9.17, 15) is 4.79 Å². The number of nitrogens with zero attached hydrogens (tertiary/aromatic N) is 1. The Hall–Kier alpha value is -1.58. The smallest absolute Gasteiger partial charge is 0.319 e. The van der Waals surface area contributed by atoms with Crippen LogP contribution in [0.1, 0.15) is 0 Å². The number of hydrogen-bond acceptors (Lipinski definition) is 1. The molecule has 0 unspecified atom stereocenters. The minimum absolute atomic E-state index is 0.207. The number of rotatable bonds is 1. The molecule has 64 valence electrons. The molecule has 0 aliphatic heterocycles. The van der Waals surface area contributed by atoms with Crippen molar-refractivity contribution in [3.63, 3.8) is 0 Å². The summed E-state index contributed by atoms with van der Waals surface area (Å²) in [5.74, 6) is 0. The Labute approximate surface area is 71.2 Å². The van der Waals surface area contributed by atoms with Gasteiger partial charge in [-0.3, -0.25) is 0 Å². The topological polar surface area (TPSA) is 45.0 Å². The molecule has 0 aliphatic rings. The Bertz CT molecular complexity index is 285. The van der Waals surface area contributed by atoms with Gasteiger partial charge in [-0.05, 0) is 6.07 Å². The van der Waals surface area contributed by atoms with Crippen LogP contribution in [0.2, 0.25) is 0 Å². The van der Waals surface area contributed by atoms with Gasteiger partial charge < -0.3 is 10.6 Å². The van der Waals surface area contributed by atoms with Gasteiger partial charge in [0.2, 0.25) is 0 Å². The highest BCUT2D eigenvalue weighted by Crippen LogP contribution is 1.99. The first kappa shape index (κ1) is 8.52. The minimum atomic E-state index is -0.207. The molecule has 0 fully saturated rings. The summed E-state index contributed by atoms with van der Waals surface area (Å²) in [5, 5.41) is 5.14. The quantitative estimate of drug-likeness (QED) is 0.578. The molecule has 1 aromatic rings. The lowest BCUT2D eigenvalue weighted by Crippen LogP contribution is -2.29. The van der Waals surface area contributed by atoms with Crippen molar-refractivity contribution in [2.45, 2.75) is 0 Å². The molecule has 0 spiro atoms. The second kappa shape index (κ2) is 3.71. The second-order valence-corrected chi connectivity index (χ2v) is 2.46. The molecule has 0 saturated heterocycles. The van der Waals surface area contributed by atoms with Gasteiger partial charge >= 0.3 is 6.03 Å². The highest BCUT2D eigenvalue weighted by molar-refractivity contribution is 5.88. The lowest BCUT2D eigenvalue weighted by atomic mass is 10.4. The molecule has 0 aliphatic carbocycles. The number of carbonyl (C=O) groups excluding carboxylic acids is 1. The number of amides is 2. The number of anilines is 1. The summed E-state index contributed by atoms with van der Waals surface area (Å²) in [6, 6.07) is 3.49. The highest BCUT2D eigenvalue weighted by Gasteiger charge is 2.00. The lowest BCUT2D eigenvalue weighted by Gasteiger charge is -2.00. The summed E-state index contributed by atoms with van der Waals surface area (Å²) in [7, 11) is 3.48. The molecular weight excluding hydrogens is 154 g/mol. The van der Waals surface area contributed by atoms with Crippen molar-refractivity contribution < 1.29 is 9.36 Å². The maximum absolute atomic E-state index is 10.9. The predicted molar refractivity (Wildman–Crippen MR) is 45.7 cm³/mol. The number of hydrogen-bond donors (Lipinski definition) is 2. The molecule has 2 N–H and O–H groups in total. The van der Waals surface area contributed by atoms with Crippen LogP contribution in [0, 0.1) is 0 Å². The van der Waals surface area contributed by atoms with Crippen LogP contribution in [0.25, 0.3) is 0 Å². The molecule has 1 heterocycles. The summed E-state index contributed by atoms with van der Waals surface area (Å²) in [5.41, 5.74) is 0.777. The Morgan fingerprint density at radius 1 is 1.58 bits per heavy atom. The third kappa shape index (κ3) is 2.23. The average Bonchev–Trinajstić information content (AvgIpc) is 2.04. The van der Waals surface area contributed by atoms with Gasteiger partial charge in [-0.2, -0.15) is 0 Å². The van der Waals surface area contributed by atoms with Gasteiger partial charge in [0, 0.05) is 13.1 Å². The molecule has 0 radical (unpaired) electrons. The van der Waals surface area contributed by atoms with Gasteiger partial charge in [0.15, 0.2) is 12.4 Å². The molecule has 4 heteroatoms. The van der Waals surface area contributed by atoms with Crippen molar-refractivity contribution in [2.75, 3.05) is 12.4 Å². The Morgan fingerprint density at radius 2 is 2.33 bits per heavy atom. The monoisotopic (exact) mass is 166 g/mol. The van der Waals surface area contributed by atoms with Crippen LogP contribution in [0.15, 0.2) is 24.5 Å². The van der Waals surface area contributed by atoms with E-state index in [2.05, 4.69) is 10.6 Å². The molecule has 2 amide bonds. The van der Waals surface area contributed by atoms with E-state index >= 15 is 0 Å². The van der Waals surface area contributed by atoms with Crippen LogP contribution in [0.5, 0.6) is 0 Å². The average molecular weight is 166 g/mol. The van der Waals surface area contributed by atoms with Crippen molar-refractivity contribution in [1.82, 2.24) is 5.32 Å². The fourth-order valence-corrected chi connectivity index (χ4v) is 0.855. The molecule has 0 atom stereocenters. The van der Waals surface area contributed by atoms with E-state index in [4.69, 9.17) is 0 Å². The Balaban J connectivity index is 2.69. The third-order valence-corrected chi connectivity index (χ3v) is 1.42. The van der Waals surface area contributed by atoms with E-state index in [1.807, 2.05) is 36.1 Å². The van der Waals surface area contributed by atoms with E-state index in [1.165, 1.54) is 0 Å². The van der Waals surface area contributed by atoms with Crippen molar-refractivity contribution in [2.24, 2.45) is 7.05 Å². The second-order valence-electron chi connectivity index (χ2n) is 2.46. The number of nitrogens with one attached hydrogen (secondary N) is 2. The Kier molecular flexibility index (Phi) is 2.63. The summed E-state index contributed by atoms with van der Waals surface area (Å²) in [6.45, 7) is 0. The molecule has 4 nitrogen and oxygen atoms in total. The van der Waals surface area contributed by atoms with E-state index in [-0.39, 0.29) is 6.03 Å². The molecule has 1 rings (SSSR count). The molecule has 12 heavy (non-hydrogen) atoms. The molecule has 0 saturated carbocycles. The first-order valence-electron chi connectivity index (χ1n) is 3.66. The van der Waals surface area contributed by atoms with E-state index < -0.39 is 0 Å². The molecule has 1 aromatic heterocycles. The summed E-state index contributed by atoms with van der Waals surface area (Å²) in [6.07, 6.45) is 3.73. The maximum Gasteiger partial charge on any atom is 0.319 e. The standard InChI is InChI=1S/C8H11N3O/c1-9-8(12)10-7-4-3-5-11(2)6-7/h3-6H,1-2H3,(H-,9,10,12)/p+1. The number of pyridine rings is 1. The van der Waals surface area contributed by atoms with Crippen LogP contribution in [0.3, 0.4) is 0 Å². The first-order valence-corrected chi connectivity index (χ1v) is 3.66. The number of urea groups is 1. The van der Waals surface area contributed by atoms with Crippen LogP contribution < -0.4 is 15.2 Å². The highest BCUT2D eigenvalue weighted by atomic mass is 16.2. The van der Waals surface area contributed by atoms with Gasteiger partial charge in [0.05, 0.1) is 0 Å². The van der Waals surface area contributed by atoms with Crippen molar-refractivity contribution in [3.8, 4) is 0 Å². The summed E-state index contributed by atoms with van der Waals surface area (Å²) >= 11 is 0. The fraction of sp³-hybridized carbons (Fsp3) is 0.250. The van der Waals surface area contributed by atoms with E-state index in [0.29, 0.717) is 0 Å². The van der Waals surface area contributed by atoms with Gasteiger partial charge in [-0.1, -0.05) is 0 Å². The molecule has 0 bridgehead atoms. The zero-order valence-electron chi connectivity index (χ0n) is 7.16. The number of aryl methyl sites for hydroxylation is 1. The fourth-order valence-electron chi connectivity index (χ4n) is 0.855. The van der Waals surface area contributed by atoms with Crippen molar-refractivity contribution >= 4 is 11.7 Å². The Morgan fingerprint density at radius 3 is 2.92 bits per heavy atom. The van der Waals surface area contributed by atoms with Gasteiger partial charge in [-0.25, -0.2) is 9.36 Å². The summed E-state index contributed by atoms with van der Waals surface area (Å²) in [4.78, 5) is 10.9. The number of aromatic nitrogens is 1. The first-order chi connectivity index (χ1) is 5.72. The van der Waals surface area contributed by atoms with E-state index in [1.54, 1.807) is 7.05 Å². The summed E-state index contributed by atoms with van der Waals surface area (Å²) < 4.78 is 1.87. The predicted octanol–water partition coefficient (Wildman–Crippen LogP) is 0.262. The molecular formula is C8H12N3O+. The van der Waals surface area contributed by atoms with Gasteiger partial charge in [0.1, 0.15) is 12.7 Å². The normalized spacial score (nSPS) is 9.17. The van der Waals surface area contributed by atoms with Crippen LogP contribution in [-0.2, 0) is 7.05 Å². The zero-order valence-corrected chi connectivity index (χ0v) is 7.16. The van der Waals surface area contributed by atoms with Crippen LogP contribution >= 0.6 is 0 Å². The molecule has 0 aromatic carbocycles.